The molecule has 1 saturated carbocycles. The lowest BCUT2D eigenvalue weighted by Crippen LogP contribution is -1.98. The van der Waals surface area contributed by atoms with E-state index < -0.39 is 0 Å². The highest BCUT2D eigenvalue weighted by Crippen LogP contribution is 2.73. The van der Waals surface area contributed by atoms with Gasteiger partial charge in [-0.3, -0.25) is 4.68 Å². The normalized spacial score (nSPS) is 22.4. The van der Waals surface area contributed by atoms with Crippen LogP contribution >= 0.6 is 0 Å². The third-order valence-electron chi connectivity index (χ3n) is 4.87. The number of aryl methyl sites for hydroxylation is 1. The van der Waals surface area contributed by atoms with E-state index in [1.54, 1.807) is 0 Å². The Morgan fingerprint density at radius 3 is 2.12 bits per heavy atom. The van der Waals surface area contributed by atoms with E-state index in [0.717, 1.165) is 12.2 Å². The molecular formula is C13H23N3. The van der Waals surface area contributed by atoms with Crippen molar-refractivity contribution in [3.63, 3.8) is 0 Å². The van der Waals surface area contributed by atoms with E-state index in [4.69, 9.17) is 5.73 Å². The minimum absolute atomic E-state index is 0.331. The highest BCUT2D eigenvalue weighted by Gasteiger charge is 2.66. The number of nitrogens with two attached hydrogens (primary N) is 1. The number of hydrogen-bond acceptors (Lipinski definition) is 2. The number of hydrogen-bond donors (Lipinski definition) is 1. The van der Waals surface area contributed by atoms with E-state index in [-0.39, 0.29) is 0 Å². The summed E-state index contributed by atoms with van der Waals surface area (Å²) in [6, 6.07) is 0. The van der Waals surface area contributed by atoms with Crippen molar-refractivity contribution in [2.75, 3.05) is 5.73 Å². The molecule has 0 saturated heterocycles. The first kappa shape index (κ1) is 11.5. The molecule has 0 bridgehead atoms. The summed E-state index contributed by atoms with van der Waals surface area (Å²) in [6.45, 7) is 11.4. The van der Waals surface area contributed by atoms with Crippen LogP contribution < -0.4 is 5.73 Å². The van der Waals surface area contributed by atoms with Crippen LogP contribution in [0.1, 0.15) is 51.8 Å². The third-order valence-corrected chi connectivity index (χ3v) is 4.87. The fourth-order valence-electron chi connectivity index (χ4n) is 3.08. The predicted octanol–water partition coefficient (Wildman–Crippen LogP) is 2.71. The first-order valence-corrected chi connectivity index (χ1v) is 6.06. The molecule has 16 heavy (non-hydrogen) atoms. The molecule has 0 amide bonds. The zero-order valence-electron chi connectivity index (χ0n) is 11.3. The number of nitrogen functional groups attached to an aromatic ring is 1. The van der Waals surface area contributed by atoms with Crippen LogP contribution in [0.3, 0.4) is 0 Å². The van der Waals surface area contributed by atoms with Gasteiger partial charge < -0.3 is 5.73 Å². The van der Waals surface area contributed by atoms with Crippen molar-refractivity contribution in [3.05, 3.63) is 11.3 Å². The van der Waals surface area contributed by atoms with Crippen molar-refractivity contribution in [1.29, 1.82) is 0 Å². The smallest absolute Gasteiger partial charge is 0.124 e. The van der Waals surface area contributed by atoms with Crippen molar-refractivity contribution < 1.29 is 0 Å². The Labute approximate surface area is 98.0 Å². The van der Waals surface area contributed by atoms with Crippen LogP contribution in [0.15, 0.2) is 0 Å². The van der Waals surface area contributed by atoms with Crippen LogP contribution in [0.5, 0.6) is 0 Å². The molecule has 1 heterocycles. The molecular weight excluding hydrogens is 198 g/mol. The lowest BCUT2D eigenvalue weighted by atomic mass is 10.0. The third kappa shape index (κ3) is 1.17. The average Bonchev–Trinajstić information content (AvgIpc) is 2.42. The molecule has 1 aromatic rings. The summed E-state index contributed by atoms with van der Waals surface area (Å²) in [5.74, 6) is 1.37. The van der Waals surface area contributed by atoms with Gasteiger partial charge in [-0.1, -0.05) is 34.6 Å². The molecule has 0 unspecified atom stereocenters. The SMILES string of the molecule is CCc1c(C2C(C)(C)C2(C)C)nn(C)c1N. The number of aromatic nitrogens is 2. The van der Waals surface area contributed by atoms with Gasteiger partial charge in [0.15, 0.2) is 0 Å². The maximum absolute atomic E-state index is 6.06. The summed E-state index contributed by atoms with van der Waals surface area (Å²) in [5.41, 5.74) is 9.18. The van der Waals surface area contributed by atoms with E-state index >= 15 is 0 Å². The summed E-state index contributed by atoms with van der Waals surface area (Å²) >= 11 is 0. The van der Waals surface area contributed by atoms with E-state index in [9.17, 15) is 0 Å². The fraction of sp³-hybridized carbons (Fsp3) is 0.769. The maximum atomic E-state index is 6.06. The summed E-state index contributed by atoms with van der Waals surface area (Å²) < 4.78 is 1.82. The van der Waals surface area contributed by atoms with Gasteiger partial charge in [-0.2, -0.15) is 5.10 Å². The van der Waals surface area contributed by atoms with Gasteiger partial charge in [-0.15, -0.1) is 0 Å². The molecule has 1 fully saturated rings. The van der Waals surface area contributed by atoms with Crippen LogP contribution in [-0.2, 0) is 13.5 Å². The van der Waals surface area contributed by atoms with Gasteiger partial charge in [0, 0.05) is 18.5 Å². The Balaban J connectivity index is 2.48. The molecule has 0 aliphatic heterocycles. The minimum Gasteiger partial charge on any atom is -0.384 e. The Hall–Kier alpha value is -0.990. The molecule has 0 aromatic carbocycles. The van der Waals surface area contributed by atoms with Crippen molar-refractivity contribution in [2.45, 2.75) is 47.0 Å². The minimum atomic E-state index is 0.331. The first-order chi connectivity index (χ1) is 7.25. The molecule has 0 atom stereocenters. The van der Waals surface area contributed by atoms with E-state index in [1.165, 1.54) is 11.3 Å². The lowest BCUT2D eigenvalue weighted by molar-refractivity contribution is 0.457. The second kappa shape index (κ2) is 3.02. The Morgan fingerprint density at radius 1 is 1.25 bits per heavy atom. The lowest BCUT2D eigenvalue weighted by Gasteiger charge is -2.03. The van der Waals surface area contributed by atoms with Crippen LogP contribution in [-0.4, -0.2) is 9.78 Å². The monoisotopic (exact) mass is 221 g/mol. The van der Waals surface area contributed by atoms with Gasteiger partial charge in [0.25, 0.3) is 0 Å². The van der Waals surface area contributed by atoms with E-state index in [2.05, 4.69) is 39.7 Å². The Morgan fingerprint density at radius 2 is 1.75 bits per heavy atom. The van der Waals surface area contributed by atoms with Crippen LogP contribution in [0, 0.1) is 10.8 Å². The quantitative estimate of drug-likeness (QED) is 0.834. The summed E-state index contributed by atoms with van der Waals surface area (Å²) in [4.78, 5) is 0. The van der Waals surface area contributed by atoms with Gasteiger partial charge in [-0.25, -0.2) is 0 Å². The molecule has 1 aromatic heterocycles. The summed E-state index contributed by atoms with van der Waals surface area (Å²) in [7, 11) is 1.93. The van der Waals surface area contributed by atoms with E-state index in [0.29, 0.717) is 16.7 Å². The van der Waals surface area contributed by atoms with Gasteiger partial charge in [-0.05, 0) is 17.3 Å². The van der Waals surface area contributed by atoms with Crippen molar-refractivity contribution in [2.24, 2.45) is 17.9 Å². The van der Waals surface area contributed by atoms with Gasteiger partial charge in [0.05, 0.1) is 5.69 Å². The number of anilines is 1. The van der Waals surface area contributed by atoms with E-state index in [1.807, 2.05) is 11.7 Å². The topological polar surface area (TPSA) is 43.8 Å². The standard InChI is InChI=1S/C13H23N3/c1-7-8-9(15-16(6)11(8)14)10-12(2,3)13(10,4)5/h10H,7,14H2,1-6H3. The molecule has 3 heteroatoms. The van der Waals surface area contributed by atoms with Crippen LogP contribution in [0.2, 0.25) is 0 Å². The Bertz CT molecular complexity index is 413. The summed E-state index contributed by atoms with van der Waals surface area (Å²) in [6.07, 6.45) is 0.970. The number of nitrogens with zero attached hydrogens (tertiary/aromatic N) is 2. The van der Waals surface area contributed by atoms with Crippen molar-refractivity contribution in [3.8, 4) is 0 Å². The molecule has 1 aliphatic rings. The maximum Gasteiger partial charge on any atom is 0.124 e. The molecule has 2 N–H and O–H groups in total. The summed E-state index contributed by atoms with van der Waals surface area (Å²) in [5, 5.41) is 4.63. The zero-order valence-corrected chi connectivity index (χ0v) is 11.3. The molecule has 2 rings (SSSR count). The van der Waals surface area contributed by atoms with Crippen LogP contribution in [0.25, 0.3) is 0 Å². The molecule has 1 aliphatic carbocycles. The van der Waals surface area contributed by atoms with Gasteiger partial charge >= 0.3 is 0 Å². The largest absolute Gasteiger partial charge is 0.384 e. The Kier molecular flexibility index (Phi) is 2.17. The van der Waals surface area contributed by atoms with Gasteiger partial charge in [0.2, 0.25) is 0 Å². The highest BCUT2D eigenvalue weighted by molar-refractivity contribution is 5.48. The second-order valence-corrected chi connectivity index (χ2v) is 6.10. The molecule has 3 nitrogen and oxygen atoms in total. The van der Waals surface area contributed by atoms with Crippen molar-refractivity contribution >= 4 is 5.82 Å². The van der Waals surface area contributed by atoms with Crippen molar-refractivity contribution in [1.82, 2.24) is 9.78 Å². The number of rotatable bonds is 2. The predicted molar refractivity (Wildman–Crippen MR) is 67.3 cm³/mol. The van der Waals surface area contributed by atoms with Gasteiger partial charge in [0.1, 0.15) is 5.82 Å². The first-order valence-electron chi connectivity index (χ1n) is 6.06. The molecule has 90 valence electrons. The average molecular weight is 221 g/mol. The highest BCUT2D eigenvalue weighted by atomic mass is 15.3. The fourth-order valence-corrected chi connectivity index (χ4v) is 3.08. The second-order valence-electron chi connectivity index (χ2n) is 6.10. The molecule has 0 radical (unpaired) electrons. The molecule has 0 spiro atoms. The zero-order chi connectivity index (χ0) is 12.3. The van der Waals surface area contributed by atoms with Crippen LogP contribution in [0.4, 0.5) is 5.82 Å².